The van der Waals surface area contributed by atoms with E-state index in [9.17, 15) is 0 Å². The van der Waals surface area contributed by atoms with Gasteiger partial charge in [-0.1, -0.05) is 6.07 Å². The molecule has 0 aliphatic rings. The summed E-state index contributed by atoms with van der Waals surface area (Å²) in [6, 6.07) is 9.75. The molecule has 5 aromatic rings. The smallest absolute Gasteiger partial charge is 0.182 e. The van der Waals surface area contributed by atoms with E-state index in [4.69, 9.17) is 4.98 Å². The highest BCUT2D eigenvalue weighted by Crippen LogP contribution is 2.28. The number of nitrogens with zero attached hydrogens (tertiary/aromatic N) is 6. The third-order valence-electron chi connectivity index (χ3n) is 4.17. The van der Waals surface area contributed by atoms with Crippen LogP contribution in [0, 0.1) is 6.92 Å². The number of rotatable bonds is 2. The molecule has 126 valence electrons. The highest BCUT2D eigenvalue weighted by Gasteiger charge is 2.16. The first kappa shape index (κ1) is 15.2. The molecule has 0 bridgehead atoms. The lowest BCUT2D eigenvalue weighted by atomic mass is 10.3. The molecule has 26 heavy (non-hydrogen) atoms. The van der Waals surface area contributed by atoms with E-state index in [-0.39, 0.29) is 0 Å². The van der Waals surface area contributed by atoms with Crippen molar-refractivity contribution in [2.75, 3.05) is 0 Å². The molecule has 5 aromatic heterocycles. The minimum atomic E-state index is 0.551. The summed E-state index contributed by atoms with van der Waals surface area (Å²) in [6.45, 7) is 1.95. The minimum Gasteiger partial charge on any atom is -0.329 e. The fraction of sp³-hybridized carbons (Fsp3) is 0.0556. The fourth-order valence-electron chi connectivity index (χ4n) is 2.99. The predicted molar refractivity (Wildman–Crippen MR) is 102 cm³/mol. The third kappa shape index (κ3) is 2.30. The maximum atomic E-state index is 4.78. The molecule has 0 amide bonds. The Morgan fingerprint density at radius 1 is 1.04 bits per heavy atom. The summed E-state index contributed by atoms with van der Waals surface area (Å²) >= 11 is 3.50. The lowest BCUT2D eigenvalue weighted by Crippen LogP contribution is -2.02. The zero-order valence-corrected chi connectivity index (χ0v) is 15.3. The Labute approximate surface area is 156 Å². The second-order valence-corrected chi connectivity index (χ2v) is 6.61. The van der Waals surface area contributed by atoms with Crippen molar-refractivity contribution < 1.29 is 0 Å². The van der Waals surface area contributed by atoms with Gasteiger partial charge in [0.2, 0.25) is 0 Å². The van der Waals surface area contributed by atoms with Gasteiger partial charge in [-0.2, -0.15) is 0 Å². The number of H-pyrrole nitrogens is 1. The maximum absolute atomic E-state index is 4.78. The second-order valence-electron chi connectivity index (χ2n) is 5.86. The average molecular weight is 406 g/mol. The van der Waals surface area contributed by atoms with Gasteiger partial charge in [-0.15, -0.1) is 0 Å². The van der Waals surface area contributed by atoms with E-state index in [1.165, 1.54) is 0 Å². The Balaban J connectivity index is 1.82. The number of pyridine rings is 2. The van der Waals surface area contributed by atoms with Crippen molar-refractivity contribution in [1.29, 1.82) is 0 Å². The summed E-state index contributed by atoms with van der Waals surface area (Å²) in [6.07, 6.45) is 5.34. The van der Waals surface area contributed by atoms with E-state index < -0.39 is 0 Å². The zero-order valence-electron chi connectivity index (χ0n) is 13.7. The van der Waals surface area contributed by atoms with E-state index >= 15 is 0 Å². The molecule has 5 heterocycles. The van der Waals surface area contributed by atoms with Crippen LogP contribution in [0.3, 0.4) is 0 Å². The van der Waals surface area contributed by atoms with Crippen LogP contribution in [0.2, 0.25) is 0 Å². The molecule has 0 radical (unpaired) electrons. The number of aromatic amines is 1. The van der Waals surface area contributed by atoms with Crippen LogP contribution in [0.25, 0.3) is 39.4 Å². The molecule has 0 aliphatic heterocycles. The minimum absolute atomic E-state index is 0.551. The molecule has 0 saturated heterocycles. The number of fused-ring (bicyclic) bond motifs is 2. The van der Waals surface area contributed by atoms with E-state index in [0.717, 1.165) is 26.9 Å². The number of imidazole rings is 1. The van der Waals surface area contributed by atoms with Crippen molar-refractivity contribution in [2.24, 2.45) is 0 Å². The molecule has 0 aliphatic carbocycles. The Morgan fingerprint density at radius 2 is 1.96 bits per heavy atom. The predicted octanol–water partition coefficient (Wildman–Crippen LogP) is 3.82. The molecule has 1 N–H and O–H groups in total. The molecule has 0 unspecified atom stereocenters. The van der Waals surface area contributed by atoms with Gasteiger partial charge in [0, 0.05) is 23.5 Å². The van der Waals surface area contributed by atoms with Crippen LogP contribution < -0.4 is 0 Å². The Kier molecular flexibility index (Phi) is 3.32. The molecular weight excluding hydrogens is 394 g/mol. The summed E-state index contributed by atoms with van der Waals surface area (Å²) < 4.78 is 2.79. The third-order valence-corrected chi connectivity index (χ3v) is 4.81. The highest BCUT2D eigenvalue weighted by molar-refractivity contribution is 9.10. The first-order valence-electron chi connectivity index (χ1n) is 7.98. The molecule has 0 aromatic carbocycles. The maximum Gasteiger partial charge on any atom is 0.182 e. The normalized spacial score (nSPS) is 11.5. The van der Waals surface area contributed by atoms with Crippen molar-refractivity contribution in [3.8, 4) is 17.3 Å². The number of aromatic nitrogens is 7. The fourth-order valence-corrected chi connectivity index (χ4v) is 3.44. The van der Waals surface area contributed by atoms with Gasteiger partial charge in [0.25, 0.3) is 0 Å². The van der Waals surface area contributed by atoms with Crippen molar-refractivity contribution in [2.45, 2.75) is 6.92 Å². The van der Waals surface area contributed by atoms with Gasteiger partial charge in [-0.3, -0.25) is 4.57 Å². The van der Waals surface area contributed by atoms with Gasteiger partial charge in [-0.25, -0.2) is 24.9 Å². The Hall–Kier alpha value is -3.13. The van der Waals surface area contributed by atoms with E-state index in [0.29, 0.717) is 22.8 Å². The van der Waals surface area contributed by atoms with Crippen molar-refractivity contribution in [3.63, 3.8) is 0 Å². The number of aryl methyl sites for hydroxylation is 1. The van der Waals surface area contributed by atoms with Crippen LogP contribution >= 0.6 is 15.9 Å². The quantitative estimate of drug-likeness (QED) is 0.451. The lowest BCUT2D eigenvalue weighted by molar-refractivity contribution is 1.02. The molecule has 7 nitrogen and oxygen atoms in total. The van der Waals surface area contributed by atoms with Crippen LogP contribution in [-0.4, -0.2) is 34.5 Å². The van der Waals surface area contributed by atoms with Crippen molar-refractivity contribution in [1.82, 2.24) is 34.5 Å². The zero-order chi connectivity index (χ0) is 17.7. The second kappa shape index (κ2) is 5.70. The first-order chi connectivity index (χ1) is 12.7. The van der Waals surface area contributed by atoms with Crippen molar-refractivity contribution in [3.05, 3.63) is 59.3 Å². The van der Waals surface area contributed by atoms with E-state index in [2.05, 4.69) is 40.8 Å². The number of hydrogen-bond acceptors (Lipinski definition) is 5. The average Bonchev–Trinajstić information content (AvgIpc) is 3.28. The highest BCUT2D eigenvalue weighted by atomic mass is 79.9. The molecule has 0 fully saturated rings. The van der Waals surface area contributed by atoms with Gasteiger partial charge in [-0.05, 0) is 47.1 Å². The summed E-state index contributed by atoms with van der Waals surface area (Å²) in [4.78, 5) is 25.7. The molecular formula is C18H12BrN7. The van der Waals surface area contributed by atoms with Crippen LogP contribution in [-0.2, 0) is 0 Å². The van der Waals surface area contributed by atoms with Gasteiger partial charge < -0.3 is 4.98 Å². The lowest BCUT2D eigenvalue weighted by Gasteiger charge is -2.08. The van der Waals surface area contributed by atoms with Crippen LogP contribution in [0.1, 0.15) is 5.69 Å². The van der Waals surface area contributed by atoms with Crippen LogP contribution in [0.4, 0.5) is 0 Å². The monoisotopic (exact) mass is 405 g/mol. The molecule has 0 spiro atoms. The summed E-state index contributed by atoms with van der Waals surface area (Å²) in [7, 11) is 0. The van der Waals surface area contributed by atoms with Gasteiger partial charge in [0.1, 0.15) is 10.3 Å². The Morgan fingerprint density at radius 3 is 2.85 bits per heavy atom. The summed E-state index contributed by atoms with van der Waals surface area (Å²) in [5, 5.41) is 1.00. The molecule has 8 heteroatoms. The van der Waals surface area contributed by atoms with Gasteiger partial charge in [0.05, 0.1) is 11.8 Å². The molecule has 0 atom stereocenters. The number of halogens is 1. The van der Waals surface area contributed by atoms with E-state index in [1.807, 2.05) is 48.0 Å². The summed E-state index contributed by atoms with van der Waals surface area (Å²) in [5.74, 6) is 1.25. The summed E-state index contributed by atoms with van der Waals surface area (Å²) in [5.41, 5.74) is 3.99. The topological polar surface area (TPSA) is 85.2 Å². The van der Waals surface area contributed by atoms with Crippen LogP contribution in [0.15, 0.2) is 53.7 Å². The van der Waals surface area contributed by atoms with Gasteiger partial charge in [0.15, 0.2) is 22.8 Å². The SMILES string of the molecule is Cc1cccc(-c2nc(-n3ccc4c(Br)nccc43)c3nc[nH]c3n2)n1. The largest absolute Gasteiger partial charge is 0.329 e. The van der Waals surface area contributed by atoms with E-state index in [1.54, 1.807) is 12.5 Å². The number of nitrogens with one attached hydrogen (secondary N) is 1. The molecule has 0 saturated carbocycles. The Bertz CT molecular complexity index is 1270. The van der Waals surface area contributed by atoms with Gasteiger partial charge >= 0.3 is 0 Å². The standard InChI is InChI=1S/C18H12BrN7/c1-10-3-2-4-12(23-10)16-24-17-14(21-9-22-17)18(25-16)26-8-6-11-13(26)5-7-20-15(11)19/h2-9H,1H3,(H,21,22,24,25). The van der Waals surface area contributed by atoms with Crippen molar-refractivity contribution >= 4 is 38.0 Å². The van der Waals surface area contributed by atoms with Crippen LogP contribution in [0.5, 0.6) is 0 Å². The molecule has 5 rings (SSSR count). The first-order valence-corrected chi connectivity index (χ1v) is 8.77. The number of hydrogen-bond donors (Lipinski definition) is 1.